The molecule has 0 rings (SSSR count). The highest BCUT2D eigenvalue weighted by atomic mass is 35.5. The van der Waals surface area contributed by atoms with Crippen LogP contribution in [0, 0.1) is 5.41 Å². The molecule has 3 heteroatoms. The average molecular weight is 157 g/mol. The summed E-state index contributed by atoms with van der Waals surface area (Å²) in [5.41, 5.74) is 5.04. The summed E-state index contributed by atoms with van der Waals surface area (Å²) >= 11 is 5.48. The first kappa shape index (κ1) is 8.98. The van der Waals surface area contributed by atoms with Crippen molar-refractivity contribution in [2.75, 3.05) is 0 Å². The van der Waals surface area contributed by atoms with Gasteiger partial charge in [-0.3, -0.25) is 5.41 Å². The van der Waals surface area contributed by atoms with E-state index in [1.165, 1.54) is 6.08 Å². The highest BCUT2D eigenvalue weighted by molar-refractivity contribution is 6.42. The van der Waals surface area contributed by atoms with Gasteiger partial charge in [-0.25, -0.2) is 0 Å². The summed E-state index contributed by atoms with van der Waals surface area (Å²) in [6, 6.07) is 0. The monoisotopic (exact) mass is 156 g/mol. The maximum Gasteiger partial charge on any atom is 0.134 e. The molecular formula is C7H9ClN2. The second-order valence-corrected chi connectivity index (χ2v) is 1.96. The molecule has 0 aliphatic heterocycles. The molecule has 0 aliphatic rings. The van der Waals surface area contributed by atoms with E-state index >= 15 is 0 Å². The third-order valence-electron chi connectivity index (χ3n) is 0.747. The summed E-state index contributed by atoms with van der Waals surface area (Å²) in [4.78, 5) is 0. The molecule has 3 N–H and O–H groups in total. The molecule has 0 aromatic carbocycles. The van der Waals surface area contributed by atoms with Gasteiger partial charge in [0.2, 0.25) is 0 Å². The topological polar surface area (TPSA) is 49.9 Å². The van der Waals surface area contributed by atoms with E-state index in [1.807, 2.05) is 0 Å². The highest BCUT2D eigenvalue weighted by Crippen LogP contribution is 1.98. The Balaban J connectivity index is 4.04. The van der Waals surface area contributed by atoms with Crippen LogP contribution in [0.1, 0.15) is 0 Å². The van der Waals surface area contributed by atoms with Gasteiger partial charge in [0.25, 0.3) is 0 Å². The van der Waals surface area contributed by atoms with Gasteiger partial charge in [-0.15, -0.1) is 0 Å². The zero-order valence-electron chi connectivity index (χ0n) is 5.47. The lowest BCUT2D eigenvalue weighted by atomic mass is 10.4. The fraction of sp³-hybridized carbons (Fsp3) is 0. The molecule has 0 spiro atoms. The number of nitrogens with two attached hydrogens (primary N) is 1. The Morgan fingerprint density at radius 3 is 2.50 bits per heavy atom. The van der Waals surface area contributed by atoms with Crippen LogP contribution in [0.3, 0.4) is 0 Å². The number of hydrogen-bond donors (Lipinski definition) is 2. The van der Waals surface area contributed by atoms with E-state index < -0.39 is 0 Å². The van der Waals surface area contributed by atoms with Gasteiger partial charge < -0.3 is 5.73 Å². The molecule has 0 aromatic heterocycles. The fourth-order valence-electron chi connectivity index (χ4n) is 0.308. The molecule has 0 aromatic rings. The van der Waals surface area contributed by atoms with Crippen LogP contribution in [-0.4, -0.2) is 5.84 Å². The number of amidine groups is 1. The number of nitrogens with one attached hydrogen (secondary N) is 1. The van der Waals surface area contributed by atoms with E-state index in [0.29, 0.717) is 0 Å². The summed E-state index contributed by atoms with van der Waals surface area (Å²) in [6.07, 6.45) is 6.51. The third kappa shape index (κ3) is 3.92. The lowest BCUT2D eigenvalue weighted by Crippen LogP contribution is -2.08. The zero-order chi connectivity index (χ0) is 7.98. The minimum absolute atomic E-state index is 0.129. The minimum atomic E-state index is -0.129. The van der Waals surface area contributed by atoms with Crippen LogP contribution < -0.4 is 5.73 Å². The summed E-state index contributed by atoms with van der Waals surface area (Å²) in [5, 5.41) is 7.09. The van der Waals surface area contributed by atoms with Crippen LogP contribution in [0.2, 0.25) is 0 Å². The molecule has 0 heterocycles. The van der Waals surface area contributed by atoms with Crippen molar-refractivity contribution in [2.24, 2.45) is 5.73 Å². The standard InChI is InChI=1S/C7H9ClN2/c1-2-3-4-5-6(8)7(9)10/h2-5H,1H2,(H3,9,10)/b4-3+,6-5+. The SMILES string of the molecule is C=C/C=C/C=C(/Cl)C(=N)N. The van der Waals surface area contributed by atoms with E-state index in [-0.39, 0.29) is 10.9 Å². The Bertz CT molecular complexity index is 192. The highest BCUT2D eigenvalue weighted by Gasteiger charge is 1.90. The first-order valence-corrected chi connectivity index (χ1v) is 3.05. The Morgan fingerprint density at radius 2 is 2.10 bits per heavy atom. The minimum Gasteiger partial charge on any atom is -0.383 e. The van der Waals surface area contributed by atoms with Crippen LogP contribution in [0.4, 0.5) is 0 Å². The van der Waals surface area contributed by atoms with Crippen LogP contribution in [0.5, 0.6) is 0 Å². The first-order valence-electron chi connectivity index (χ1n) is 2.67. The Hall–Kier alpha value is -1.02. The maximum absolute atomic E-state index is 6.85. The number of allylic oxidation sites excluding steroid dienone is 4. The van der Waals surface area contributed by atoms with E-state index in [4.69, 9.17) is 22.7 Å². The van der Waals surface area contributed by atoms with Crippen molar-refractivity contribution < 1.29 is 0 Å². The van der Waals surface area contributed by atoms with E-state index in [9.17, 15) is 0 Å². The zero-order valence-corrected chi connectivity index (χ0v) is 6.23. The number of rotatable bonds is 3. The Kier molecular flexibility index (Phi) is 4.33. The van der Waals surface area contributed by atoms with Crippen molar-refractivity contribution in [3.63, 3.8) is 0 Å². The molecule has 0 saturated carbocycles. The largest absolute Gasteiger partial charge is 0.383 e. The summed E-state index contributed by atoms with van der Waals surface area (Å²) in [6.45, 7) is 3.46. The quantitative estimate of drug-likeness (QED) is 0.365. The maximum atomic E-state index is 6.85. The molecule has 54 valence electrons. The van der Waals surface area contributed by atoms with Gasteiger partial charge in [0.15, 0.2) is 0 Å². The molecule has 10 heavy (non-hydrogen) atoms. The van der Waals surface area contributed by atoms with Crippen molar-refractivity contribution in [3.05, 3.63) is 35.9 Å². The van der Waals surface area contributed by atoms with Gasteiger partial charge >= 0.3 is 0 Å². The molecule has 0 atom stereocenters. The fourth-order valence-corrected chi connectivity index (χ4v) is 0.381. The molecule has 2 nitrogen and oxygen atoms in total. The summed E-state index contributed by atoms with van der Waals surface area (Å²) < 4.78 is 0. The molecule has 0 aliphatic carbocycles. The smallest absolute Gasteiger partial charge is 0.134 e. The van der Waals surface area contributed by atoms with Gasteiger partial charge in [0.1, 0.15) is 5.84 Å². The second kappa shape index (κ2) is 4.82. The van der Waals surface area contributed by atoms with Crippen LogP contribution in [0.25, 0.3) is 0 Å². The normalized spacial score (nSPS) is 11.9. The molecule has 0 amide bonds. The molecular weight excluding hydrogens is 148 g/mol. The predicted molar refractivity (Wildman–Crippen MR) is 45.2 cm³/mol. The number of halogens is 1. The Labute approximate surface area is 65.2 Å². The van der Waals surface area contributed by atoms with Crippen LogP contribution in [0.15, 0.2) is 35.9 Å². The molecule has 0 bridgehead atoms. The van der Waals surface area contributed by atoms with Gasteiger partial charge in [-0.2, -0.15) is 0 Å². The van der Waals surface area contributed by atoms with Crippen molar-refractivity contribution in [1.82, 2.24) is 0 Å². The average Bonchev–Trinajstić information content (AvgIpc) is 1.88. The van der Waals surface area contributed by atoms with E-state index in [2.05, 4.69) is 6.58 Å². The van der Waals surface area contributed by atoms with Gasteiger partial charge in [-0.05, 0) is 6.08 Å². The van der Waals surface area contributed by atoms with Crippen molar-refractivity contribution >= 4 is 17.4 Å². The molecule has 0 radical (unpaired) electrons. The predicted octanol–water partition coefficient (Wildman–Crippen LogP) is 1.79. The lowest BCUT2D eigenvalue weighted by Gasteiger charge is -1.88. The van der Waals surface area contributed by atoms with Crippen molar-refractivity contribution in [2.45, 2.75) is 0 Å². The summed E-state index contributed by atoms with van der Waals surface area (Å²) in [5.74, 6) is -0.129. The molecule has 0 fully saturated rings. The lowest BCUT2D eigenvalue weighted by molar-refractivity contribution is 1.45. The van der Waals surface area contributed by atoms with Crippen molar-refractivity contribution in [1.29, 1.82) is 5.41 Å². The second-order valence-electron chi connectivity index (χ2n) is 1.55. The molecule has 0 unspecified atom stereocenters. The van der Waals surface area contributed by atoms with Crippen LogP contribution >= 0.6 is 11.6 Å². The third-order valence-corrected chi connectivity index (χ3v) is 1.08. The van der Waals surface area contributed by atoms with Gasteiger partial charge in [0.05, 0.1) is 5.03 Å². The summed E-state index contributed by atoms with van der Waals surface area (Å²) in [7, 11) is 0. The van der Waals surface area contributed by atoms with Crippen molar-refractivity contribution in [3.8, 4) is 0 Å². The Morgan fingerprint density at radius 1 is 1.50 bits per heavy atom. The first-order chi connectivity index (χ1) is 4.68. The van der Waals surface area contributed by atoms with Crippen LogP contribution in [-0.2, 0) is 0 Å². The van der Waals surface area contributed by atoms with E-state index in [1.54, 1.807) is 18.2 Å². The molecule has 0 saturated heterocycles. The number of hydrogen-bond acceptors (Lipinski definition) is 1. The van der Waals surface area contributed by atoms with E-state index in [0.717, 1.165) is 0 Å². The van der Waals surface area contributed by atoms with Gasteiger partial charge in [-0.1, -0.05) is 36.4 Å². The van der Waals surface area contributed by atoms with Gasteiger partial charge in [0, 0.05) is 0 Å².